The Morgan fingerprint density at radius 2 is 2.07 bits per heavy atom. The lowest BCUT2D eigenvalue weighted by molar-refractivity contribution is -0.140. The van der Waals surface area contributed by atoms with E-state index in [4.69, 9.17) is 0 Å². The number of anilines is 1. The van der Waals surface area contributed by atoms with Crippen molar-refractivity contribution in [2.75, 3.05) is 18.4 Å². The molecular weight excluding hydrogens is 352 g/mol. The second-order valence-electron chi connectivity index (χ2n) is 8.44. The van der Waals surface area contributed by atoms with Crippen molar-refractivity contribution in [2.45, 2.75) is 38.0 Å². The predicted octanol–water partition coefficient (Wildman–Crippen LogP) is 2.99. The molecule has 1 aliphatic heterocycles. The summed E-state index contributed by atoms with van der Waals surface area (Å²) in [7, 11) is 0. The summed E-state index contributed by atoms with van der Waals surface area (Å²) >= 11 is 0. The molecule has 1 aromatic heterocycles. The lowest BCUT2D eigenvalue weighted by atomic mass is 9.92. The highest BCUT2D eigenvalue weighted by atomic mass is 16.2. The molecule has 0 radical (unpaired) electrons. The van der Waals surface area contributed by atoms with Crippen LogP contribution in [-0.2, 0) is 15.0 Å². The van der Waals surface area contributed by atoms with Gasteiger partial charge in [-0.15, -0.1) is 0 Å². The summed E-state index contributed by atoms with van der Waals surface area (Å²) in [6.07, 6.45) is 5.48. The van der Waals surface area contributed by atoms with E-state index in [1.165, 1.54) is 0 Å². The number of nitrogens with zero attached hydrogens (tertiary/aromatic N) is 3. The van der Waals surface area contributed by atoms with Gasteiger partial charge in [0, 0.05) is 31.1 Å². The lowest BCUT2D eigenvalue weighted by Crippen LogP contribution is -2.54. The van der Waals surface area contributed by atoms with Crippen molar-refractivity contribution >= 4 is 28.4 Å². The summed E-state index contributed by atoms with van der Waals surface area (Å²) in [5.41, 5.74) is 0.983. The van der Waals surface area contributed by atoms with Gasteiger partial charge >= 0.3 is 0 Å². The van der Waals surface area contributed by atoms with Crippen LogP contribution in [0.2, 0.25) is 0 Å². The van der Waals surface area contributed by atoms with Crippen molar-refractivity contribution in [2.24, 2.45) is 11.3 Å². The third kappa shape index (κ3) is 2.42. The Balaban J connectivity index is 1.33. The molecule has 2 aliphatic carbocycles. The van der Waals surface area contributed by atoms with Crippen molar-refractivity contribution in [3.05, 3.63) is 36.0 Å². The summed E-state index contributed by atoms with van der Waals surface area (Å²) in [6, 6.07) is 10.6. The van der Waals surface area contributed by atoms with Crippen molar-refractivity contribution in [3.63, 3.8) is 0 Å². The minimum atomic E-state index is -0.324. The zero-order valence-electron chi connectivity index (χ0n) is 15.9. The molecule has 2 saturated carbocycles. The molecular formula is C22H22N4O2. The quantitative estimate of drug-likeness (QED) is 0.891. The fourth-order valence-corrected chi connectivity index (χ4v) is 4.62. The van der Waals surface area contributed by atoms with Gasteiger partial charge in [0.05, 0.1) is 17.4 Å². The van der Waals surface area contributed by atoms with Crippen LogP contribution >= 0.6 is 0 Å². The molecule has 3 fully saturated rings. The normalized spacial score (nSPS) is 24.5. The monoisotopic (exact) mass is 374 g/mol. The average Bonchev–Trinajstić information content (AvgIpc) is 3.58. The number of rotatable bonds is 4. The van der Waals surface area contributed by atoms with Gasteiger partial charge < -0.3 is 10.2 Å². The molecule has 5 rings (SSSR count). The Morgan fingerprint density at radius 3 is 2.71 bits per heavy atom. The molecule has 2 aromatic rings. The molecule has 1 aromatic carbocycles. The summed E-state index contributed by atoms with van der Waals surface area (Å²) in [4.78, 5) is 30.1. The van der Waals surface area contributed by atoms with Gasteiger partial charge in [0.25, 0.3) is 0 Å². The van der Waals surface area contributed by atoms with Crippen molar-refractivity contribution in [1.29, 1.82) is 5.26 Å². The molecule has 6 heteroatoms. The van der Waals surface area contributed by atoms with Gasteiger partial charge in [-0.05, 0) is 47.8 Å². The number of nitriles is 1. The van der Waals surface area contributed by atoms with Crippen LogP contribution in [0, 0.1) is 22.7 Å². The summed E-state index contributed by atoms with van der Waals surface area (Å²) in [6.45, 7) is 2.78. The summed E-state index contributed by atoms with van der Waals surface area (Å²) in [5, 5.41) is 14.6. The first kappa shape index (κ1) is 17.2. The first-order valence-electron chi connectivity index (χ1n) is 9.90. The van der Waals surface area contributed by atoms with Crippen molar-refractivity contribution in [1.82, 2.24) is 9.88 Å². The Morgan fingerprint density at radius 1 is 1.29 bits per heavy atom. The van der Waals surface area contributed by atoms with E-state index in [0.717, 1.165) is 35.6 Å². The number of hydrogen-bond acceptors (Lipinski definition) is 4. The highest BCUT2D eigenvalue weighted by Gasteiger charge is 2.75. The van der Waals surface area contributed by atoms with Gasteiger partial charge in [-0.3, -0.25) is 9.59 Å². The first-order chi connectivity index (χ1) is 13.5. The van der Waals surface area contributed by atoms with Crippen LogP contribution < -0.4 is 5.32 Å². The predicted molar refractivity (Wildman–Crippen MR) is 104 cm³/mol. The van der Waals surface area contributed by atoms with Gasteiger partial charge in [0.1, 0.15) is 5.82 Å². The zero-order valence-corrected chi connectivity index (χ0v) is 15.9. The maximum atomic E-state index is 12.4. The fraction of sp³-hybridized carbons (Fsp3) is 0.455. The van der Waals surface area contributed by atoms with E-state index in [9.17, 15) is 14.9 Å². The molecule has 6 nitrogen and oxygen atoms in total. The number of aromatic nitrogens is 1. The molecule has 1 saturated heterocycles. The topological polar surface area (TPSA) is 86.1 Å². The number of benzene rings is 1. The standard InChI is InChI=1S/C22H22N4O2/c1-2-19(27)26-10-16(11-26)20(28)25-18-8-15-7-17(4-3-14(15)9-24-18)22(13-23)12-21(22)5-6-21/h3-4,7-9,16H,2,5-6,10-12H2,1H3,(H,24,25,28). The molecule has 1 atom stereocenters. The van der Waals surface area contributed by atoms with E-state index in [1.807, 2.05) is 25.1 Å². The largest absolute Gasteiger partial charge is 0.341 e. The van der Waals surface area contributed by atoms with Crippen molar-refractivity contribution in [3.8, 4) is 6.07 Å². The minimum absolute atomic E-state index is 0.0836. The van der Waals surface area contributed by atoms with E-state index in [1.54, 1.807) is 11.1 Å². The smallest absolute Gasteiger partial charge is 0.232 e. The number of carbonyl (C=O) groups is 2. The fourth-order valence-electron chi connectivity index (χ4n) is 4.62. The van der Waals surface area contributed by atoms with E-state index < -0.39 is 0 Å². The number of pyridine rings is 1. The minimum Gasteiger partial charge on any atom is -0.341 e. The van der Waals surface area contributed by atoms with Crippen LogP contribution in [0.15, 0.2) is 30.5 Å². The molecule has 142 valence electrons. The SMILES string of the molecule is CCC(=O)N1CC(C(=O)Nc2cc3cc(C4(C#N)CC45CC5)ccc3cn2)C1. The van der Waals surface area contributed by atoms with Gasteiger partial charge in [-0.25, -0.2) is 4.98 Å². The van der Waals surface area contributed by atoms with Crippen LogP contribution in [0.1, 0.15) is 38.2 Å². The molecule has 1 N–H and O–H groups in total. The van der Waals surface area contributed by atoms with Gasteiger partial charge in [0.15, 0.2) is 0 Å². The first-order valence-corrected chi connectivity index (χ1v) is 9.90. The molecule has 2 amide bonds. The molecule has 28 heavy (non-hydrogen) atoms. The molecule has 2 heterocycles. The van der Waals surface area contributed by atoms with Crippen molar-refractivity contribution < 1.29 is 9.59 Å². The van der Waals surface area contributed by atoms with E-state index in [-0.39, 0.29) is 28.6 Å². The van der Waals surface area contributed by atoms with E-state index in [2.05, 4.69) is 22.4 Å². The maximum absolute atomic E-state index is 12.4. The number of carbonyl (C=O) groups excluding carboxylic acids is 2. The van der Waals surface area contributed by atoms with Gasteiger partial charge in [0.2, 0.25) is 11.8 Å². The van der Waals surface area contributed by atoms with E-state index in [0.29, 0.717) is 25.3 Å². The molecule has 1 spiro atoms. The summed E-state index contributed by atoms with van der Waals surface area (Å²) < 4.78 is 0. The number of amides is 2. The van der Waals surface area contributed by atoms with E-state index >= 15 is 0 Å². The van der Waals surface area contributed by atoms with Gasteiger partial charge in [-0.2, -0.15) is 5.26 Å². The molecule has 3 aliphatic rings. The highest BCUT2D eigenvalue weighted by Crippen LogP contribution is 2.78. The van der Waals surface area contributed by atoms with Gasteiger partial charge in [-0.1, -0.05) is 19.1 Å². The number of fused-ring (bicyclic) bond motifs is 1. The number of hydrogen-bond donors (Lipinski definition) is 1. The zero-order chi connectivity index (χ0) is 19.5. The van der Waals surface area contributed by atoms with Crippen LogP contribution in [0.5, 0.6) is 0 Å². The Bertz CT molecular complexity index is 1050. The Hall–Kier alpha value is -2.94. The van der Waals surface area contributed by atoms with Crippen LogP contribution in [-0.4, -0.2) is 34.8 Å². The Kier molecular flexibility index (Phi) is 3.54. The Labute approximate surface area is 163 Å². The maximum Gasteiger partial charge on any atom is 0.232 e. The number of nitrogens with one attached hydrogen (secondary N) is 1. The lowest BCUT2D eigenvalue weighted by Gasteiger charge is -2.38. The summed E-state index contributed by atoms with van der Waals surface area (Å²) in [5.74, 6) is 0.316. The number of likely N-dealkylation sites (tertiary alicyclic amines) is 1. The third-order valence-corrected chi connectivity index (χ3v) is 6.80. The van der Waals surface area contributed by atoms with Crippen LogP contribution in [0.4, 0.5) is 5.82 Å². The highest BCUT2D eigenvalue weighted by molar-refractivity contribution is 5.96. The average molecular weight is 374 g/mol. The third-order valence-electron chi connectivity index (χ3n) is 6.80. The van der Waals surface area contributed by atoms with Crippen LogP contribution in [0.3, 0.4) is 0 Å². The molecule has 0 bridgehead atoms. The second-order valence-corrected chi connectivity index (χ2v) is 8.44. The molecule has 1 unspecified atom stereocenters. The second kappa shape index (κ2) is 5.78. The van der Waals surface area contributed by atoms with Crippen LogP contribution in [0.25, 0.3) is 10.8 Å².